The number of aromatic nitrogens is 4. The summed E-state index contributed by atoms with van der Waals surface area (Å²) in [7, 11) is 3.48. The summed E-state index contributed by atoms with van der Waals surface area (Å²) >= 11 is 1.28. The van der Waals surface area contributed by atoms with E-state index in [1.165, 1.54) is 11.8 Å². The smallest absolute Gasteiger partial charge is 0.236 e. The zero-order valence-corrected chi connectivity index (χ0v) is 20.2. The number of thioether (sulfide) groups is 1. The monoisotopic (exact) mass is 472 g/mol. The summed E-state index contributed by atoms with van der Waals surface area (Å²) in [6, 6.07) is 19.4. The van der Waals surface area contributed by atoms with Crippen LogP contribution >= 0.6 is 11.8 Å². The molecule has 0 atom stereocenters. The third-order valence-electron chi connectivity index (χ3n) is 5.61. The van der Waals surface area contributed by atoms with Crippen molar-refractivity contribution in [3.63, 3.8) is 0 Å². The van der Waals surface area contributed by atoms with Crippen LogP contribution in [0.2, 0.25) is 0 Å². The molecule has 0 saturated heterocycles. The molecule has 0 aliphatic rings. The fourth-order valence-corrected chi connectivity index (χ4v) is 4.40. The molecule has 1 amide bonds. The Morgan fingerprint density at radius 3 is 2.47 bits per heavy atom. The molecule has 0 radical (unpaired) electrons. The van der Waals surface area contributed by atoms with E-state index in [9.17, 15) is 10.1 Å². The van der Waals surface area contributed by atoms with Crippen LogP contribution < -0.4 is 10.1 Å². The van der Waals surface area contributed by atoms with Gasteiger partial charge in [-0.15, -0.1) is 10.2 Å². The zero-order chi connectivity index (χ0) is 24.2. The Bertz CT molecular complexity index is 1370. The first kappa shape index (κ1) is 23.1. The summed E-state index contributed by atoms with van der Waals surface area (Å²) in [5.41, 5.74) is 3.98. The molecule has 0 saturated carbocycles. The molecule has 4 rings (SSSR count). The Morgan fingerprint density at radius 2 is 1.82 bits per heavy atom. The second-order valence-corrected chi connectivity index (χ2v) is 8.59. The fourth-order valence-electron chi connectivity index (χ4n) is 3.69. The molecule has 8 nitrogen and oxygen atoms in total. The van der Waals surface area contributed by atoms with Crippen LogP contribution in [0.1, 0.15) is 16.8 Å². The molecule has 9 heteroatoms. The minimum absolute atomic E-state index is 0.123. The van der Waals surface area contributed by atoms with Crippen molar-refractivity contribution in [2.75, 3.05) is 18.2 Å². The number of hydrogen-bond acceptors (Lipinski definition) is 6. The van der Waals surface area contributed by atoms with E-state index in [0.29, 0.717) is 22.4 Å². The molecule has 0 spiro atoms. The van der Waals surface area contributed by atoms with Gasteiger partial charge in [0.25, 0.3) is 0 Å². The van der Waals surface area contributed by atoms with E-state index in [4.69, 9.17) is 4.74 Å². The second kappa shape index (κ2) is 9.85. The van der Waals surface area contributed by atoms with Crippen molar-refractivity contribution >= 4 is 23.5 Å². The Hall–Kier alpha value is -4.03. The van der Waals surface area contributed by atoms with Gasteiger partial charge in [-0.1, -0.05) is 30.0 Å². The number of carbonyl (C=O) groups is 1. The number of nitriles is 1. The lowest BCUT2D eigenvalue weighted by Crippen LogP contribution is -2.18. The number of amides is 1. The van der Waals surface area contributed by atoms with E-state index in [1.54, 1.807) is 7.11 Å². The molecule has 0 aliphatic carbocycles. The predicted octanol–water partition coefficient (Wildman–Crippen LogP) is 4.50. The van der Waals surface area contributed by atoms with Gasteiger partial charge in [0.1, 0.15) is 17.6 Å². The average molecular weight is 473 g/mol. The lowest BCUT2D eigenvalue weighted by atomic mass is 10.2. The van der Waals surface area contributed by atoms with Crippen LogP contribution in [-0.4, -0.2) is 38.1 Å². The fraction of sp³-hybridized carbons (Fsp3) is 0.200. The van der Waals surface area contributed by atoms with Crippen LogP contribution in [0.4, 0.5) is 5.82 Å². The number of rotatable bonds is 7. The SMILES string of the molecule is COc1ccc(-c2nnc(SCC(=O)Nc3c(C#N)c(C)c(C)n3-c3ccccc3)n2C)cc1. The maximum Gasteiger partial charge on any atom is 0.236 e. The van der Waals surface area contributed by atoms with Crippen LogP contribution in [0.15, 0.2) is 59.8 Å². The number of nitrogens with zero attached hydrogens (tertiary/aromatic N) is 5. The molecule has 34 heavy (non-hydrogen) atoms. The third kappa shape index (κ3) is 4.40. The van der Waals surface area contributed by atoms with Crippen molar-refractivity contribution < 1.29 is 9.53 Å². The van der Waals surface area contributed by atoms with Crippen LogP contribution in [0.3, 0.4) is 0 Å². The van der Waals surface area contributed by atoms with E-state index >= 15 is 0 Å². The number of nitrogens with one attached hydrogen (secondary N) is 1. The van der Waals surface area contributed by atoms with Crippen molar-refractivity contribution in [1.29, 1.82) is 5.26 Å². The second-order valence-electron chi connectivity index (χ2n) is 7.65. The van der Waals surface area contributed by atoms with Gasteiger partial charge in [0, 0.05) is 24.0 Å². The van der Waals surface area contributed by atoms with Crippen LogP contribution in [0, 0.1) is 25.2 Å². The van der Waals surface area contributed by atoms with E-state index < -0.39 is 0 Å². The normalized spacial score (nSPS) is 10.7. The van der Waals surface area contributed by atoms with Crippen LogP contribution in [0.5, 0.6) is 5.75 Å². The standard InChI is InChI=1S/C25H24N6O2S/c1-16-17(2)31(19-8-6-5-7-9-19)24(21(16)14-26)27-22(32)15-34-25-29-28-23(30(25)3)18-10-12-20(33-4)13-11-18/h5-13H,15H2,1-4H3,(H,27,32). The van der Waals surface area contributed by atoms with E-state index in [-0.39, 0.29) is 11.7 Å². The molecule has 0 aliphatic heterocycles. The highest BCUT2D eigenvalue weighted by Gasteiger charge is 2.21. The molecular weight excluding hydrogens is 448 g/mol. The molecule has 4 aromatic rings. The molecule has 172 valence electrons. The highest BCUT2D eigenvalue weighted by atomic mass is 32.2. The van der Waals surface area contributed by atoms with Crippen molar-refractivity contribution in [3.05, 3.63) is 71.4 Å². The summed E-state index contributed by atoms with van der Waals surface area (Å²) < 4.78 is 8.95. The maximum atomic E-state index is 12.9. The number of ether oxygens (including phenoxy) is 1. The van der Waals surface area contributed by atoms with E-state index in [1.807, 2.05) is 84.6 Å². The molecule has 2 aromatic carbocycles. The number of para-hydroxylation sites is 1. The number of benzene rings is 2. The molecule has 0 bridgehead atoms. The summed E-state index contributed by atoms with van der Waals surface area (Å²) in [5.74, 6) is 1.83. The summed E-state index contributed by atoms with van der Waals surface area (Å²) in [4.78, 5) is 12.9. The van der Waals surface area contributed by atoms with Gasteiger partial charge in [-0.3, -0.25) is 9.36 Å². The van der Waals surface area contributed by atoms with Crippen LogP contribution in [0.25, 0.3) is 17.1 Å². The first-order valence-corrected chi connectivity index (χ1v) is 11.6. The first-order chi connectivity index (χ1) is 16.4. The van der Waals surface area contributed by atoms with Gasteiger partial charge in [-0.25, -0.2) is 0 Å². The molecule has 0 fully saturated rings. The van der Waals surface area contributed by atoms with Crippen molar-refractivity contribution in [1.82, 2.24) is 19.3 Å². The Labute approximate surface area is 202 Å². The van der Waals surface area contributed by atoms with E-state index in [0.717, 1.165) is 28.3 Å². The van der Waals surface area contributed by atoms with Gasteiger partial charge < -0.3 is 14.6 Å². The average Bonchev–Trinajstić information content (AvgIpc) is 3.34. The van der Waals surface area contributed by atoms with Crippen molar-refractivity contribution in [2.45, 2.75) is 19.0 Å². The highest BCUT2D eigenvalue weighted by Crippen LogP contribution is 2.30. The minimum Gasteiger partial charge on any atom is -0.497 e. The summed E-state index contributed by atoms with van der Waals surface area (Å²) in [6.45, 7) is 3.83. The van der Waals surface area contributed by atoms with Gasteiger partial charge in [-0.05, 0) is 55.8 Å². The number of methoxy groups -OCH3 is 1. The number of hydrogen-bond donors (Lipinski definition) is 1. The van der Waals surface area contributed by atoms with Crippen molar-refractivity contribution in [2.24, 2.45) is 7.05 Å². The quantitative estimate of drug-likeness (QED) is 0.398. The third-order valence-corrected chi connectivity index (χ3v) is 6.63. The molecular formula is C25H24N6O2S. The van der Waals surface area contributed by atoms with Gasteiger partial charge >= 0.3 is 0 Å². The summed E-state index contributed by atoms with van der Waals surface area (Å²) in [5, 5.41) is 21.8. The Morgan fingerprint density at radius 1 is 1.12 bits per heavy atom. The Balaban J connectivity index is 1.52. The lowest BCUT2D eigenvalue weighted by Gasteiger charge is -2.13. The van der Waals surface area contributed by atoms with Crippen LogP contribution in [-0.2, 0) is 11.8 Å². The van der Waals surface area contributed by atoms with E-state index in [2.05, 4.69) is 21.6 Å². The number of anilines is 1. The molecule has 0 unspecified atom stereocenters. The maximum absolute atomic E-state index is 12.9. The highest BCUT2D eigenvalue weighted by molar-refractivity contribution is 7.99. The largest absolute Gasteiger partial charge is 0.497 e. The zero-order valence-electron chi connectivity index (χ0n) is 19.4. The lowest BCUT2D eigenvalue weighted by molar-refractivity contribution is -0.113. The summed E-state index contributed by atoms with van der Waals surface area (Å²) in [6.07, 6.45) is 0. The van der Waals surface area contributed by atoms with Crippen molar-refractivity contribution in [3.8, 4) is 28.9 Å². The predicted molar refractivity (Wildman–Crippen MR) is 132 cm³/mol. The molecule has 1 N–H and O–H groups in total. The minimum atomic E-state index is -0.231. The van der Waals surface area contributed by atoms with Gasteiger partial charge in [0.2, 0.25) is 5.91 Å². The van der Waals surface area contributed by atoms with Gasteiger partial charge in [0.15, 0.2) is 11.0 Å². The topological polar surface area (TPSA) is 97.8 Å². The first-order valence-electron chi connectivity index (χ1n) is 10.6. The number of carbonyl (C=O) groups excluding carboxylic acids is 1. The Kier molecular flexibility index (Phi) is 6.70. The van der Waals surface area contributed by atoms with Gasteiger partial charge in [-0.2, -0.15) is 5.26 Å². The molecule has 2 aromatic heterocycles. The molecule has 2 heterocycles. The van der Waals surface area contributed by atoms with Gasteiger partial charge in [0.05, 0.1) is 18.4 Å².